The highest BCUT2D eigenvalue weighted by Gasteiger charge is 2.14. The number of hydrogen-bond acceptors (Lipinski definition) is 3. The number of halogens is 1. The molecule has 1 heterocycles. The molecule has 1 rings (SSSR count). The lowest BCUT2D eigenvalue weighted by Crippen LogP contribution is -2.07. The summed E-state index contributed by atoms with van der Waals surface area (Å²) in [5.41, 5.74) is -0.0809. The van der Waals surface area contributed by atoms with Gasteiger partial charge in [0.25, 0.3) is 0 Å². The Balaban J connectivity index is 2.91. The van der Waals surface area contributed by atoms with Gasteiger partial charge in [-0.3, -0.25) is 0 Å². The van der Waals surface area contributed by atoms with Crippen molar-refractivity contribution in [1.82, 2.24) is 4.98 Å². The van der Waals surface area contributed by atoms with Crippen LogP contribution in [-0.4, -0.2) is 21.3 Å². The van der Waals surface area contributed by atoms with E-state index in [1.807, 2.05) is 0 Å². The molecule has 1 aromatic heterocycles. The number of carbonyl (C=O) groups is 1. The van der Waals surface area contributed by atoms with Crippen molar-refractivity contribution >= 4 is 29.3 Å². The van der Waals surface area contributed by atoms with E-state index in [1.165, 1.54) is 0 Å². The van der Waals surface area contributed by atoms with Crippen molar-refractivity contribution in [2.24, 2.45) is 5.92 Å². The van der Waals surface area contributed by atoms with Gasteiger partial charge in [-0.05, 0) is 18.1 Å². The summed E-state index contributed by atoms with van der Waals surface area (Å²) in [6.07, 6.45) is 0. The van der Waals surface area contributed by atoms with Gasteiger partial charge in [0.2, 0.25) is 0 Å². The van der Waals surface area contributed by atoms with Crippen LogP contribution < -0.4 is 0 Å². The fraction of sp³-hybridized carbons (Fsp3) is 0.455. The molecule has 3 nitrogen and oxygen atoms in total. The van der Waals surface area contributed by atoms with Gasteiger partial charge >= 0.3 is 5.97 Å². The predicted molar refractivity (Wildman–Crippen MR) is 66.4 cm³/mol. The van der Waals surface area contributed by atoms with E-state index in [1.54, 1.807) is 23.9 Å². The number of thioether (sulfide) groups is 1. The standard InChI is InChI=1S/C11H14ClNO2S/c1-6(2)7(3)16-9-5-4-8(12)10(13-9)11(14)15/h4-7H,1-3H3,(H,14,15). The zero-order valence-corrected chi connectivity index (χ0v) is 11.0. The van der Waals surface area contributed by atoms with Gasteiger partial charge in [0.15, 0.2) is 5.69 Å². The van der Waals surface area contributed by atoms with Crippen LogP contribution in [0.2, 0.25) is 5.02 Å². The van der Waals surface area contributed by atoms with Crippen LogP contribution in [0.15, 0.2) is 17.2 Å². The largest absolute Gasteiger partial charge is 0.476 e. The average molecular weight is 260 g/mol. The Kier molecular flexibility index (Phi) is 4.62. The summed E-state index contributed by atoms with van der Waals surface area (Å²) in [6.45, 7) is 6.32. The molecule has 1 atom stereocenters. The van der Waals surface area contributed by atoms with Gasteiger partial charge in [-0.1, -0.05) is 32.4 Å². The molecule has 1 aromatic rings. The maximum Gasteiger partial charge on any atom is 0.356 e. The zero-order chi connectivity index (χ0) is 12.3. The normalized spacial score (nSPS) is 12.8. The zero-order valence-electron chi connectivity index (χ0n) is 9.40. The van der Waals surface area contributed by atoms with E-state index in [0.29, 0.717) is 16.2 Å². The number of aromatic nitrogens is 1. The molecule has 0 saturated heterocycles. The Morgan fingerprint density at radius 2 is 2.06 bits per heavy atom. The highest BCUT2D eigenvalue weighted by Crippen LogP contribution is 2.28. The minimum Gasteiger partial charge on any atom is -0.476 e. The van der Waals surface area contributed by atoms with E-state index in [-0.39, 0.29) is 10.7 Å². The van der Waals surface area contributed by atoms with Crippen molar-refractivity contribution in [3.05, 3.63) is 22.8 Å². The van der Waals surface area contributed by atoms with Gasteiger partial charge < -0.3 is 5.11 Å². The molecule has 0 aliphatic heterocycles. The fourth-order valence-electron chi connectivity index (χ4n) is 0.966. The summed E-state index contributed by atoms with van der Waals surface area (Å²) < 4.78 is 0. The summed E-state index contributed by atoms with van der Waals surface area (Å²) in [6, 6.07) is 3.33. The summed E-state index contributed by atoms with van der Waals surface area (Å²) >= 11 is 7.30. The number of carboxylic acids is 1. The molecule has 0 fully saturated rings. The van der Waals surface area contributed by atoms with Crippen molar-refractivity contribution in [2.45, 2.75) is 31.0 Å². The summed E-state index contributed by atoms with van der Waals surface area (Å²) in [5, 5.41) is 10.1. The van der Waals surface area contributed by atoms with Gasteiger partial charge in [0.1, 0.15) is 0 Å². The Bertz CT molecular complexity index is 396. The van der Waals surface area contributed by atoms with E-state index in [9.17, 15) is 4.79 Å². The molecule has 1 N–H and O–H groups in total. The lowest BCUT2D eigenvalue weighted by atomic mass is 10.2. The molecular weight excluding hydrogens is 246 g/mol. The number of pyridine rings is 1. The van der Waals surface area contributed by atoms with Crippen LogP contribution in [0.1, 0.15) is 31.3 Å². The van der Waals surface area contributed by atoms with Crippen molar-refractivity contribution in [1.29, 1.82) is 0 Å². The van der Waals surface area contributed by atoms with Gasteiger partial charge in [0.05, 0.1) is 10.0 Å². The minimum atomic E-state index is -1.09. The van der Waals surface area contributed by atoms with Crippen molar-refractivity contribution in [2.75, 3.05) is 0 Å². The molecule has 0 spiro atoms. The summed E-state index contributed by atoms with van der Waals surface area (Å²) in [4.78, 5) is 14.9. The van der Waals surface area contributed by atoms with Crippen LogP contribution in [-0.2, 0) is 0 Å². The van der Waals surface area contributed by atoms with E-state index < -0.39 is 5.97 Å². The first-order valence-corrected chi connectivity index (χ1v) is 6.24. The maximum absolute atomic E-state index is 10.8. The lowest BCUT2D eigenvalue weighted by molar-refractivity contribution is 0.0690. The summed E-state index contributed by atoms with van der Waals surface area (Å²) in [5.74, 6) is -0.583. The third kappa shape index (κ3) is 3.39. The van der Waals surface area contributed by atoms with E-state index in [4.69, 9.17) is 16.7 Å². The first-order valence-electron chi connectivity index (χ1n) is 4.98. The molecule has 0 aromatic carbocycles. The van der Waals surface area contributed by atoms with Crippen LogP contribution in [0.3, 0.4) is 0 Å². The number of rotatable bonds is 4. The molecule has 88 valence electrons. The molecule has 0 saturated carbocycles. The molecule has 1 unspecified atom stereocenters. The second-order valence-electron chi connectivity index (χ2n) is 3.85. The Labute approximate surface area is 104 Å². The van der Waals surface area contributed by atoms with Crippen LogP contribution in [0.5, 0.6) is 0 Å². The van der Waals surface area contributed by atoms with Crippen LogP contribution in [0.4, 0.5) is 0 Å². The maximum atomic E-state index is 10.8. The lowest BCUT2D eigenvalue weighted by Gasteiger charge is -2.14. The SMILES string of the molecule is CC(C)C(C)Sc1ccc(Cl)c(C(=O)O)n1. The molecule has 0 amide bonds. The molecule has 0 aliphatic rings. The van der Waals surface area contributed by atoms with E-state index >= 15 is 0 Å². The van der Waals surface area contributed by atoms with Crippen molar-refractivity contribution < 1.29 is 9.90 Å². The number of carboxylic acid groups (broad SMARTS) is 1. The highest BCUT2D eigenvalue weighted by molar-refractivity contribution is 7.99. The Hall–Kier alpha value is -0.740. The Morgan fingerprint density at radius 3 is 2.56 bits per heavy atom. The predicted octanol–water partition coefficient (Wildman–Crippen LogP) is 3.57. The van der Waals surface area contributed by atoms with Crippen molar-refractivity contribution in [3.63, 3.8) is 0 Å². The number of hydrogen-bond donors (Lipinski definition) is 1. The smallest absolute Gasteiger partial charge is 0.356 e. The second kappa shape index (κ2) is 5.55. The molecule has 0 bridgehead atoms. The quantitative estimate of drug-likeness (QED) is 0.840. The third-order valence-corrected chi connectivity index (χ3v) is 3.96. The monoisotopic (exact) mass is 259 g/mol. The number of aromatic carboxylic acids is 1. The van der Waals surface area contributed by atoms with E-state index in [0.717, 1.165) is 0 Å². The topological polar surface area (TPSA) is 50.2 Å². The minimum absolute atomic E-state index is 0.0809. The number of nitrogens with zero attached hydrogens (tertiary/aromatic N) is 1. The fourth-order valence-corrected chi connectivity index (χ4v) is 2.10. The third-order valence-electron chi connectivity index (χ3n) is 2.27. The molecule has 5 heteroatoms. The summed E-state index contributed by atoms with van der Waals surface area (Å²) in [7, 11) is 0. The average Bonchev–Trinajstić information content (AvgIpc) is 2.20. The van der Waals surface area contributed by atoms with Gasteiger partial charge in [-0.25, -0.2) is 9.78 Å². The van der Waals surface area contributed by atoms with Gasteiger partial charge in [0, 0.05) is 5.25 Å². The van der Waals surface area contributed by atoms with Crippen LogP contribution in [0.25, 0.3) is 0 Å². The molecular formula is C11H14ClNO2S. The second-order valence-corrected chi connectivity index (χ2v) is 5.66. The highest BCUT2D eigenvalue weighted by atomic mass is 35.5. The Morgan fingerprint density at radius 1 is 1.44 bits per heavy atom. The van der Waals surface area contributed by atoms with Gasteiger partial charge in [-0.2, -0.15) is 0 Å². The first-order chi connectivity index (χ1) is 7.41. The van der Waals surface area contributed by atoms with Crippen molar-refractivity contribution in [3.8, 4) is 0 Å². The molecule has 0 aliphatic carbocycles. The molecule has 0 radical (unpaired) electrons. The molecule has 16 heavy (non-hydrogen) atoms. The van der Waals surface area contributed by atoms with Crippen LogP contribution >= 0.6 is 23.4 Å². The van der Waals surface area contributed by atoms with Gasteiger partial charge in [-0.15, -0.1) is 11.8 Å². The van der Waals surface area contributed by atoms with Crippen LogP contribution in [0, 0.1) is 5.92 Å². The van der Waals surface area contributed by atoms with E-state index in [2.05, 4.69) is 25.8 Å². The first kappa shape index (κ1) is 13.3.